The van der Waals surface area contributed by atoms with Gasteiger partial charge < -0.3 is 10.6 Å². The van der Waals surface area contributed by atoms with Gasteiger partial charge in [-0.15, -0.1) is 0 Å². The number of allylic oxidation sites excluding steroid dienone is 3. The van der Waals surface area contributed by atoms with Crippen LogP contribution in [0.25, 0.3) is 0 Å². The van der Waals surface area contributed by atoms with E-state index >= 15 is 0 Å². The minimum atomic E-state index is -0.193. The fourth-order valence-corrected chi connectivity index (χ4v) is 1.36. The van der Waals surface area contributed by atoms with Gasteiger partial charge in [0.15, 0.2) is 0 Å². The van der Waals surface area contributed by atoms with Crippen LogP contribution >= 0.6 is 0 Å². The summed E-state index contributed by atoms with van der Waals surface area (Å²) in [7, 11) is 0. The first-order valence-electron chi connectivity index (χ1n) is 6.54. The van der Waals surface area contributed by atoms with E-state index in [2.05, 4.69) is 10.6 Å². The molecule has 0 unspecified atom stereocenters. The second-order valence-corrected chi connectivity index (χ2v) is 4.60. The Balaban J connectivity index is 2.58. The van der Waals surface area contributed by atoms with Crippen molar-refractivity contribution in [1.82, 2.24) is 0 Å². The van der Waals surface area contributed by atoms with Gasteiger partial charge in [0.1, 0.15) is 0 Å². The van der Waals surface area contributed by atoms with Crippen molar-refractivity contribution in [3.8, 4) is 0 Å². The van der Waals surface area contributed by atoms with E-state index in [-0.39, 0.29) is 17.7 Å². The van der Waals surface area contributed by atoms with Crippen LogP contribution in [0.15, 0.2) is 48.6 Å². The number of carbonyl (C=O) groups excluding carboxylic acids is 2. The molecule has 0 aliphatic rings. The van der Waals surface area contributed by atoms with Crippen LogP contribution in [-0.2, 0) is 9.59 Å². The second kappa shape index (κ2) is 7.94. The summed E-state index contributed by atoms with van der Waals surface area (Å²) in [6, 6.07) is 7.01. The number of benzene rings is 1. The molecule has 0 aliphatic carbocycles. The number of amides is 2. The molecule has 0 fully saturated rings. The first-order valence-corrected chi connectivity index (χ1v) is 6.54. The number of hydrogen-bond donors (Lipinski definition) is 2. The molecule has 0 aliphatic heterocycles. The van der Waals surface area contributed by atoms with E-state index in [0.29, 0.717) is 11.4 Å². The van der Waals surface area contributed by atoms with E-state index in [1.54, 1.807) is 36.4 Å². The van der Waals surface area contributed by atoms with E-state index in [1.165, 1.54) is 6.08 Å². The number of nitrogens with one attached hydrogen (secondary N) is 2. The van der Waals surface area contributed by atoms with Crippen LogP contribution in [0.4, 0.5) is 11.4 Å². The van der Waals surface area contributed by atoms with Crippen LogP contribution in [-0.4, -0.2) is 11.8 Å². The Bertz CT molecular complexity index is 514. The minimum absolute atomic E-state index is 0.0314. The van der Waals surface area contributed by atoms with E-state index in [9.17, 15) is 9.59 Å². The van der Waals surface area contributed by atoms with Gasteiger partial charge in [0.25, 0.3) is 0 Å². The maximum absolute atomic E-state index is 11.5. The largest absolute Gasteiger partial charge is 0.326 e. The first-order chi connectivity index (χ1) is 9.52. The summed E-state index contributed by atoms with van der Waals surface area (Å²) in [6.07, 6.45) is 6.75. The van der Waals surface area contributed by atoms with Crippen LogP contribution in [0.2, 0.25) is 0 Å². The molecule has 0 saturated heterocycles. The minimum Gasteiger partial charge on any atom is -0.326 e. The van der Waals surface area contributed by atoms with Crippen molar-refractivity contribution in [1.29, 1.82) is 0 Å². The molecule has 1 rings (SSSR count). The van der Waals surface area contributed by atoms with Gasteiger partial charge in [-0.1, -0.05) is 32.1 Å². The van der Waals surface area contributed by atoms with Gasteiger partial charge in [0.2, 0.25) is 11.8 Å². The van der Waals surface area contributed by atoms with E-state index in [1.807, 2.05) is 26.8 Å². The molecule has 0 atom stereocenters. The molecule has 4 heteroatoms. The highest BCUT2D eigenvalue weighted by Crippen LogP contribution is 2.14. The van der Waals surface area contributed by atoms with Gasteiger partial charge in [-0.2, -0.15) is 0 Å². The van der Waals surface area contributed by atoms with Crippen LogP contribution < -0.4 is 10.6 Å². The molecule has 2 amide bonds. The van der Waals surface area contributed by atoms with E-state index in [0.717, 1.165) is 0 Å². The highest BCUT2D eigenvalue weighted by molar-refractivity contribution is 5.99. The smallest absolute Gasteiger partial charge is 0.248 e. The van der Waals surface area contributed by atoms with Crippen molar-refractivity contribution in [3.05, 3.63) is 48.6 Å². The Morgan fingerprint density at radius 1 is 1.00 bits per heavy atom. The Morgan fingerprint density at radius 2 is 1.55 bits per heavy atom. The van der Waals surface area contributed by atoms with Gasteiger partial charge in [-0.25, -0.2) is 0 Å². The fourth-order valence-electron chi connectivity index (χ4n) is 1.36. The molecule has 20 heavy (non-hydrogen) atoms. The highest BCUT2D eigenvalue weighted by Gasteiger charge is 2.06. The maximum Gasteiger partial charge on any atom is 0.248 e. The number of hydrogen-bond acceptors (Lipinski definition) is 2. The predicted octanol–water partition coefficient (Wildman–Crippen LogP) is 3.35. The monoisotopic (exact) mass is 272 g/mol. The Hall–Kier alpha value is -2.36. The van der Waals surface area contributed by atoms with Crippen LogP contribution in [0.3, 0.4) is 0 Å². The zero-order chi connectivity index (χ0) is 15.0. The van der Waals surface area contributed by atoms with Crippen LogP contribution in [0.1, 0.15) is 20.8 Å². The third-order valence-electron chi connectivity index (χ3n) is 2.50. The standard InChI is InChI=1S/C16H20N2O2/c1-4-5-6-7-15(19)17-13-8-10-14(11-9-13)18-16(20)12(2)3/h4-12H,1-3H3,(H,17,19)(H,18,20). The number of rotatable bonds is 5. The van der Waals surface area contributed by atoms with Crippen molar-refractivity contribution in [2.75, 3.05) is 10.6 Å². The number of carbonyl (C=O) groups is 2. The molecule has 4 nitrogen and oxygen atoms in total. The van der Waals surface area contributed by atoms with Crippen molar-refractivity contribution in [3.63, 3.8) is 0 Å². The lowest BCUT2D eigenvalue weighted by molar-refractivity contribution is -0.119. The normalized spacial score (nSPS) is 11.2. The van der Waals surface area contributed by atoms with Gasteiger partial charge in [-0.05, 0) is 31.2 Å². The molecule has 0 spiro atoms. The Labute approximate surface area is 119 Å². The number of anilines is 2. The summed E-state index contributed by atoms with van der Waals surface area (Å²) in [5.74, 6) is -0.288. The summed E-state index contributed by atoms with van der Waals surface area (Å²) in [4.78, 5) is 23.1. The average Bonchev–Trinajstić information content (AvgIpc) is 2.41. The van der Waals surface area contributed by atoms with E-state index < -0.39 is 0 Å². The van der Waals surface area contributed by atoms with Crippen molar-refractivity contribution >= 4 is 23.2 Å². The lowest BCUT2D eigenvalue weighted by Crippen LogP contribution is -2.17. The molecular formula is C16H20N2O2. The SMILES string of the molecule is CC=CC=CC(=O)Nc1ccc(NC(=O)C(C)C)cc1. The quantitative estimate of drug-likeness (QED) is 0.638. The van der Waals surface area contributed by atoms with Gasteiger partial charge in [0, 0.05) is 23.4 Å². The molecule has 0 radical (unpaired) electrons. The summed E-state index contributed by atoms with van der Waals surface area (Å²) in [6.45, 7) is 5.55. The molecule has 1 aromatic rings. The summed E-state index contributed by atoms with van der Waals surface area (Å²) < 4.78 is 0. The molecule has 0 aromatic heterocycles. The summed E-state index contributed by atoms with van der Waals surface area (Å²) >= 11 is 0. The van der Waals surface area contributed by atoms with Crippen molar-refractivity contribution in [2.45, 2.75) is 20.8 Å². The van der Waals surface area contributed by atoms with Gasteiger partial charge in [0.05, 0.1) is 0 Å². The predicted molar refractivity (Wildman–Crippen MR) is 82.5 cm³/mol. The molecule has 0 saturated carbocycles. The fraction of sp³-hybridized carbons (Fsp3) is 0.250. The average molecular weight is 272 g/mol. The van der Waals surface area contributed by atoms with Crippen LogP contribution in [0, 0.1) is 5.92 Å². The third-order valence-corrected chi connectivity index (χ3v) is 2.50. The molecule has 0 bridgehead atoms. The Kier molecular flexibility index (Phi) is 6.23. The topological polar surface area (TPSA) is 58.2 Å². The zero-order valence-corrected chi connectivity index (χ0v) is 12.0. The highest BCUT2D eigenvalue weighted by atomic mass is 16.2. The molecule has 106 valence electrons. The van der Waals surface area contributed by atoms with Gasteiger partial charge in [-0.3, -0.25) is 9.59 Å². The zero-order valence-electron chi connectivity index (χ0n) is 12.0. The summed E-state index contributed by atoms with van der Waals surface area (Å²) in [5.41, 5.74) is 1.40. The lowest BCUT2D eigenvalue weighted by Gasteiger charge is -2.08. The van der Waals surface area contributed by atoms with Gasteiger partial charge >= 0.3 is 0 Å². The molecule has 2 N–H and O–H groups in total. The molecule has 0 heterocycles. The second-order valence-electron chi connectivity index (χ2n) is 4.60. The maximum atomic E-state index is 11.5. The van der Waals surface area contributed by atoms with Crippen LogP contribution in [0.5, 0.6) is 0 Å². The third kappa shape index (κ3) is 5.52. The first kappa shape index (κ1) is 15.7. The van der Waals surface area contributed by atoms with E-state index in [4.69, 9.17) is 0 Å². The summed E-state index contributed by atoms with van der Waals surface area (Å²) in [5, 5.41) is 5.52. The van der Waals surface area contributed by atoms with Crippen molar-refractivity contribution in [2.24, 2.45) is 5.92 Å². The van der Waals surface area contributed by atoms with Crippen molar-refractivity contribution < 1.29 is 9.59 Å². The lowest BCUT2D eigenvalue weighted by atomic mass is 10.2. The Morgan fingerprint density at radius 3 is 2.05 bits per heavy atom. The molecular weight excluding hydrogens is 252 g/mol. The molecule has 1 aromatic carbocycles.